The molecular weight excluding hydrogens is 245 g/mol. The molecule has 0 bridgehead atoms. The molecule has 1 aromatic carbocycles. The highest BCUT2D eigenvalue weighted by molar-refractivity contribution is 6.50. The molecule has 1 N–H and O–H groups in total. The second-order valence-corrected chi connectivity index (χ2v) is 3.32. The van der Waals surface area contributed by atoms with Crippen molar-refractivity contribution in [2.24, 2.45) is 0 Å². The third kappa shape index (κ3) is 3.27. The van der Waals surface area contributed by atoms with Gasteiger partial charge in [-0.2, -0.15) is 13.2 Å². The van der Waals surface area contributed by atoms with Gasteiger partial charge in [-0.1, -0.05) is 23.7 Å². The molecule has 0 aromatic heterocycles. The molecule has 0 aliphatic carbocycles. The molecule has 1 aromatic rings. The van der Waals surface area contributed by atoms with Crippen LogP contribution in [0, 0.1) is 0 Å². The molecule has 6 heteroatoms. The van der Waals surface area contributed by atoms with E-state index in [1.165, 1.54) is 6.07 Å². The molecule has 0 amide bonds. The Morgan fingerprint density at radius 1 is 1.38 bits per heavy atom. The second-order valence-electron chi connectivity index (χ2n) is 2.91. The lowest BCUT2D eigenvalue weighted by Gasteiger charge is -2.07. The minimum Gasteiger partial charge on any atom is -0.478 e. The van der Waals surface area contributed by atoms with Crippen molar-refractivity contribution in [3.05, 3.63) is 41.5 Å². The largest absolute Gasteiger partial charge is 0.478 e. The number of carboxylic acids is 1. The molecular formula is C10H6ClF3O2. The Bertz CT molecular complexity index is 438. The maximum Gasteiger partial charge on any atom is 0.416 e. The molecule has 0 heterocycles. The monoisotopic (exact) mass is 250 g/mol. The highest BCUT2D eigenvalue weighted by Gasteiger charge is 2.30. The molecule has 86 valence electrons. The summed E-state index contributed by atoms with van der Waals surface area (Å²) >= 11 is 5.54. The van der Waals surface area contributed by atoms with Crippen LogP contribution < -0.4 is 0 Å². The molecule has 0 spiro atoms. The Morgan fingerprint density at radius 3 is 2.50 bits per heavy atom. The predicted molar refractivity (Wildman–Crippen MR) is 52.9 cm³/mol. The lowest BCUT2D eigenvalue weighted by Crippen LogP contribution is -2.04. The van der Waals surface area contributed by atoms with Crippen LogP contribution in [0.25, 0.3) is 5.03 Å². The minimum absolute atomic E-state index is 0.0129. The van der Waals surface area contributed by atoms with E-state index in [1.807, 2.05) is 0 Å². The number of carbonyl (C=O) groups is 1. The van der Waals surface area contributed by atoms with Gasteiger partial charge < -0.3 is 5.11 Å². The summed E-state index contributed by atoms with van der Waals surface area (Å²) in [4.78, 5) is 10.3. The van der Waals surface area contributed by atoms with Crippen molar-refractivity contribution in [1.29, 1.82) is 0 Å². The van der Waals surface area contributed by atoms with Crippen molar-refractivity contribution in [2.75, 3.05) is 0 Å². The van der Waals surface area contributed by atoms with Crippen LogP contribution in [0.2, 0.25) is 0 Å². The number of alkyl halides is 3. The zero-order valence-corrected chi connectivity index (χ0v) is 8.51. The van der Waals surface area contributed by atoms with E-state index < -0.39 is 17.7 Å². The fourth-order valence-electron chi connectivity index (χ4n) is 1.04. The molecule has 0 atom stereocenters. The topological polar surface area (TPSA) is 37.3 Å². The maximum absolute atomic E-state index is 12.3. The SMILES string of the molecule is O=C(O)/C=C(/Cl)c1cccc(C(F)(F)F)c1. The summed E-state index contributed by atoms with van der Waals surface area (Å²) in [7, 11) is 0. The molecule has 1 rings (SSSR count). The number of hydrogen-bond acceptors (Lipinski definition) is 1. The number of rotatable bonds is 2. The summed E-state index contributed by atoms with van der Waals surface area (Å²) in [5.41, 5.74) is -0.860. The fraction of sp³-hybridized carbons (Fsp3) is 0.100. The van der Waals surface area contributed by atoms with Crippen LogP contribution in [0.3, 0.4) is 0 Å². The average molecular weight is 251 g/mol. The Kier molecular flexibility index (Phi) is 3.59. The van der Waals surface area contributed by atoms with Crippen molar-refractivity contribution in [1.82, 2.24) is 0 Å². The van der Waals surface area contributed by atoms with Crippen LogP contribution in [0.1, 0.15) is 11.1 Å². The first kappa shape index (κ1) is 12.6. The highest BCUT2D eigenvalue weighted by Crippen LogP contribution is 2.31. The molecule has 0 aliphatic rings. The molecule has 0 radical (unpaired) electrons. The molecule has 2 nitrogen and oxygen atoms in total. The predicted octanol–water partition coefficient (Wildman–Crippen LogP) is 3.37. The van der Waals surface area contributed by atoms with Crippen LogP contribution in [0.4, 0.5) is 13.2 Å². The van der Waals surface area contributed by atoms with Gasteiger partial charge >= 0.3 is 12.1 Å². The normalized spacial score (nSPS) is 12.6. The van der Waals surface area contributed by atoms with E-state index in [0.29, 0.717) is 6.08 Å². The van der Waals surface area contributed by atoms with Gasteiger partial charge in [-0.15, -0.1) is 0 Å². The summed E-state index contributed by atoms with van der Waals surface area (Å²) in [6.45, 7) is 0. The molecule has 0 saturated carbocycles. The van der Waals surface area contributed by atoms with Crippen molar-refractivity contribution >= 4 is 22.6 Å². The maximum atomic E-state index is 12.3. The van der Waals surface area contributed by atoms with Crippen molar-refractivity contribution in [2.45, 2.75) is 6.18 Å². The van der Waals surface area contributed by atoms with Gasteiger partial charge in [0.25, 0.3) is 0 Å². The van der Waals surface area contributed by atoms with Crippen molar-refractivity contribution in [3.63, 3.8) is 0 Å². The van der Waals surface area contributed by atoms with E-state index in [1.54, 1.807) is 0 Å². The van der Waals surface area contributed by atoms with Gasteiger partial charge in [-0.3, -0.25) is 0 Å². The standard InChI is InChI=1S/C10H6ClF3O2/c11-8(5-9(15)16)6-2-1-3-7(4-6)10(12,13)14/h1-5H,(H,15,16)/b8-5+. The van der Waals surface area contributed by atoms with Gasteiger partial charge in [0.1, 0.15) is 0 Å². The smallest absolute Gasteiger partial charge is 0.416 e. The van der Waals surface area contributed by atoms with E-state index >= 15 is 0 Å². The summed E-state index contributed by atoms with van der Waals surface area (Å²) in [5, 5.41) is 8.14. The van der Waals surface area contributed by atoms with Crippen LogP contribution in [-0.4, -0.2) is 11.1 Å². The summed E-state index contributed by atoms with van der Waals surface area (Å²) in [6.07, 6.45) is -3.84. The lowest BCUT2D eigenvalue weighted by atomic mass is 10.1. The Labute approximate surface area is 94.0 Å². The summed E-state index contributed by atoms with van der Waals surface area (Å²) in [6, 6.07) is 4.14. The fourth-order valence-corrected chi connectivity index (χ4v) is 1.25. The number of aliphatic carboxylic acids is 1. The van der Waals surface area contributed by atoms with E-state index in [-0.39, 0.29) is 10.6 Å². The van der Waals surface area contributed by atoms with Gasteiger partial charge in [-0.05, 0) is 17.7 Å². The first-order valence-electron chi connectivity index (χ1n) is 4.08. The molecule has 16 heavy (non-hydrogen) atoms. The van der Waals surface area contributed by atoms with Crippen LogP contribution in [-0.2, 0) is 11.0 Å². The Morgan fingerprint density at radius 2 is 2.00 bits per heavy atom. The number of benzene rings is 1. The van der Waals surface area contributed by atoms with E-state index in [2.05, 4.69) is 0 Å². The van der Waals surface area contributed by atoms with E-state index in [9.17, 15) is 18.0 Å². The van der Waals surface area contributed by atoms with Gasteiger partial charge in [0.05, 0.1) is 10.6 Å². The first-order chi connectivity index (χ1) is 7.30. The first-order valence-corrected chi connectivity index (χ1v) is 4.46. The molecule has 0 saturated heterocycles. The molecule has 0 aliphatic heterocycles. The van der Waals surface area contributed by atoms with Gasteiger partial charge in [0, 0.05) is 6.08 Å². The van der Waals surface area contributed by atoms with E-state index in [0.717, 1.165) is 18.2 Å². The average Bonchev–Trinajstić information content (AvgIpc) is 2.15. The number of carboxylic acid groups (broad SMARTS) is 1. The van der Waals surface area contributed by atoms with Gasteiger partial charge in [-0.25, -0.2) is 4.79 Å². The van der Waals surface area contributed by atoms with Crippen molar-refractivity contribution < 1.29 is 23.1 Å². The minimum atomic E-state index is -4.48. The summed E-state index contributed by atoms with van der Waals surface area (Å²) in [5.74, 6) is -1.32. The Hall–Kier alpha value is -1.49. The van der Waals surface area contributed by atoms with Gasteiger partial charge in [0.15, 0.2) is 0 Å². The summed E-state index contributed by atoms with van der Waals surface area (Å²) < 4.78 is 36.9. The third-order valence-electron chi connectivity index (χ3n) is 1.72. The number of hydrogen-bond donors (Lipinski definition) is 1. The van der Waals surface area contributed by atoms with Crippen LogP contribution >= 0.6 is 11.6 Å². The van der Waals surface area contributed by atoms with Crippen molar-refractivity contribution in [3.8, 4) is 0 Å². The van der Waals surface area contributed by atoms with Crippen LogP contribution in [0.15, 0.2) is 30.3 Å². The highest BCUT2D eigenvalue weighted by atomic mass is 35.5. The lowest BCUT2D eigenvalue weighted by molar-refractivity contribution is -0.137. The van der Waals surface area contributed by atoms with E-state index in [4.69, 9.17) is 16.7 Å². The third-order valence-corrected chi connectivity index (χ3v) is 2.04. The number of halogens is 4. The van der Waals surface area contributed by atoms with Crippen LogP contribution in [0.5, 0.6) is 0 Å². The molecule has 0 fully saturated rings. The zero-order valence-electron chi connectivity index (χ0n) is 7.75. The zero-order chi connectivity index (χ0) is 12.3. The molecule has 0 unspecified atom stereocenters. The second kappa shape index (κ2) is 4.57. The quantitative estimate of drug-likeness (QED) is 0.817. The van der Waals surface area contributed by atoms with Gasteiger partial charge in [0.2, 0.25) is 0 Å². The Balaban J connectivity index is 3.13.